The topological polar surface area (TPSA) is 20.3 Å². The first-order valence-corrected chi connectivity index (χ1v) is 7.28. The van der Waals surface area contributed by atoms with Gasteiger partial charge in [-0.15, -0.1) is 0 Å². The van der Waals surface area contributed by atoms with E-state index in [2.05, 4.69) is 15.9 Å². The Morgan fingerprint density at radius 3 is 2.88 bits per heavy atom. The molecule has 1 aromatic rings. The van der Waals surface area contributed by atoms with Crippen molar-refractivity contribution in [3.63, 3.8) is 0 Å². The van der Waals surface area contributed by atoms with Crippen LogP contribution < -0.4 is 0 Å². The van der Waals surface area contributed by atoms with Crippen molar-refractivity contribution in [1.82, 2.24) is 4.90 Å². The molecule has 1 aliphatic heterocycles. The number of likely N-dealkylation sites (tertiary alicyclic amines) is 1. The second kappa shape index (κ2) is 5.67. The Morgan fingerprint density at radius 1 is 1.41 bits per heavy atom. The van der Waals surface area contributed by atoms with Gasteiger partial charge in [-0.2, -0.15) is 0 Å². The lowest BCUT2D eigenvalue weighted by molar-refractivity contribution is 0.0641. The highest BCUT2D eigenvalue weighted by Crippen LogP contribution is 2.22. The number of amides is 1. The third kappa shape index (κ3) is 2.71. The lowest BCUT2D eigenvalue weighted by Gasteiger charge is -2.35. The zero-order valence-electron chi connectivity index (χ0n) is 10.2. The minimum atomic E-state index is 0.187. The van der Waals surface area contributed by atoms with E-state index in [1.165, 1.54) is 6.42 Å². The van der Waals surface area contributed by atoms with Gasteiger partial charge in [0.25, 0.3) is 5.91 Å². The van der Waals surface area contributed by atoms with Crippen molar-refractivity contribution in [3.05, 3.63) is 35.4 Å². The highest BCUT2D eigenvalue weighted by atomic mass is 79.9. The molecule has 1 aliphatic rings. The average molecular weight is 296 g/mol. The standard InChI is InChI=1S/C14H18BrNO/c1-11-6-2-3-8-13(11)14(17)16-9-5-4-7-12(16)10-15/h2-3,6,8,12H,4-5,7,9-10H2,1H3. The minimum Gasteiger partial charge on any atom is -0.335 e. The Hall–Kier alpha value is -0.830. The molecule has 0 aromatic heterocycles. The van der Waals surface area contributed by atoms with Crippen molar-refractivity contribution >= 4 is 21.8 Å². The van der Waals surface area contributed by atoms with Gasteiger partial charge >= 0.3 is 0 Å². The van der Waals surface area contributed by atoms with Crippen LogP contribution in [0.5, 0.6) is 0 Å². The van der Waals surface area contributed by atoms with Crippen LogP contribution in [0.15, 0.2) is 24.3 Å². The van der Waals surface area contributed by atoms with Crippen molar-refractivity contribution in [2.45, 2.75) is 32.2 Å². The fraction of sp³-hybridized carbons (Fsp3) is 0.500. The fourth-order valence-electron chi connectivity index (χ4n) is 2.40. The maximum absolute atomic E-state index is 12.5. The molecule has 1 amide bonds. The lowest BCUT2D eigenvalue weighted by atomic mass is 10.0. The summed E-state index contributed by atoms with van der Waals surface area (Å²) in [6.07, 6.45) is 3.47. The first kappa shape index (κ1) is 12.6. The molecule has 0 spiro atoms. The zero-order valence-corrected chi connectivity index (χ0v) is 11.7. The second-order valence-corrected chi connectivity index (χ2v) is 5.26. The van der Waals surface area contributed by atoms with Crippen LogP contribution in [0.4, 0.5) is 0 Å². The van der Waals surface area contributed by atoms with Crippen molar-refractivity contribution < 1.29 is 4.79 Å². The predicted octanol–water partition coefficient (Wildman–Crippen LogP) is 3.38. The monoisotopic (exact) mass is 295 g/mol. The van der Waals surface area contributed by atoms with Gasteiger partial charge in [-0.25, -0.2) is 0 Å². The Balaban J connectivity index is 2.21. The number of aryl methyl sites for hydroxylation is 1. The number of benzene rings is 1. The molecule has 1 heterocycles. The largest absolute Gasteiger partial charge is 0.335 e. The quantitative estimate of drug-likeness (QED) is 0.766. The van der Waals surface area contributed by atoms with Gasteiger partial charge in [-0.1, -0.05) is 34.1 Å². The molecule has 1 fully saturated rings. The summed E-state index contributed by atoms with van der Waals surface area (Å²) in [6.45, 7) is 2.89. The third-order valence-electron chi connectivity index (χ3n) is 3.44. The first-order valence-electron chi connectivity index (χ1n) is 6.16. The number of nitrogens with zero attached hydrogens (tertiary/aromatic N) is 1. The van der Waals surface area contributed by atoms with E-state index >= 15 is 0 Å². The van der Waals surface area contributed by atoms with Crippen LogP contribution >= 0.6 is 15.9 Å². The molecule has 0 N–H and O–H groups in total. The van der Waals surface area contributed by atoms with E-state index in [-0.39, 0.29) is 5.91 Å². The summed E-state index contributed by atoms with van der Waals surface area (Å²) in [7, 11) is 0. The van der Waals surface area contributed by atoms with E-state index in [1.54, 1.807) is 0 Å². The van der Waals surface area contributed by atoms with Gasteiger partial charge in [0.1, 0.15) is 0 Å². The van der Waals surface area contributed by atoms with Gasteiger partial charge in [0.2, 0.25) is 0 Å². The number of piperidine rings is 1. The fourth-order valence-corrected chi connectivity index (χ4v) is 3.07. The van der Waals surface area contributed by atoms with Gasteiger partial charge < -0.3 is 4.90 Å². The predicted molar refractivity (Wildman–Crippen MR) is 73.6 cm³/mol. The third-order valence-corrected chi connectivity index (χ3v) is 4.19. The molecule has 1 unspecified atom stereocenters. The van der Waals surface area contributed by atoms with Gasteiger partial charge in [0, 0.05) is 23.5 Å². The van der Waals surface area contributed by atoms with Crippen LogP contribution in [0.3, 0.4) is 0 Å². The normalized spacial score (nSPS) is 20.4. The van der Waals surface area contributed by atoms with Crippen LogP contribution in [0.25, 0.3) is 0 Å². The summed E-state index contributed by atoms with van der Waals surface area (Å²) in [5.74, 6) is 0.187. The molecule has 1 atom stereocenters. The highest BCUT2D eigenvalue weighted by molar-refractivity contribution is 9.09. The number of halogens is 1. The lowest BCUT2D eigenvalue weighted by Crippen LogP contribution is -2.44. The van der Waals surface area contributed by atoms with Crippen LogP contribution in [0.1, 0.15) is 35.2 Å². The maximum Gasteiger partial charge on any atom is 0.254 e. The second-order valence-electron chi connectivity index (χ2n) is 4.62. The molecule has 2 nitrogen and oxygen atoms in total. The number of alkyl halides is 1. The molecule has 2 rings (SSSR count). The molecule has 0 radical (unpaired) electrons. The van der Waals surface area contributed by atoms with Gasteiger partial charge in [-0.3, -0.25) is 4.79 Å². The minimum absolute atomic E-state index is 0.187. The van der Waals surface area contributed by atoms with Crippen molar-refractivity contribution in [1.29, 1.82) is 0 Å². The van der Waals surface area contributed by atoms with Gasteiger partial charge in [0.15, 0.2) is 0 Å². The van der Waals surface area contributed by atoms with Crippen LogP contribution in [0, 0.1) is 6.92 Å². The molecule has 1 aromatic carbocycles. The molecule has 0 bridgehead atoms. The summed E-state index contributed by atoms with van der Waals surface area (Å²) >= 11 is 3.52. The molecule has 3 heteroatoms. The number of carbonyl (C=O) groups excluding carboxylic acids is 1. The van der Waals surface area contributed by atoms with Crippen molar-refractivity contribution in [2.24, 2.45) is 0 Å². The Bertz CT molecular complexity index is 405. The van der Waals surface area contributed by atoms with Crippen LogP contribution in [0.2, 0.25) is 0 Å². The first-order chi connectivity index (χ1) is 8.24. The summed E-state index contributed by atoms with van der Waals surface area (Å²) < 4.78 is 0. The summed E-state index contributed by atoms with van der Waals surface area (Å²) in [5, 5.41) is 0.880. The maximum atomic E-state index is 12.5. The van der Waals surface area contributed by atoms with E-state index in [4.69, 9.17) is 0 Å². The number of hydrogen-bond acceptors (Lipinski definition) is 1. The summed E-state index contributed by atoms with van der Waals surface area (Å²) in [6, 6.07) is 8.20. The Morgan fingerprint density at radius 2 is 2.18 bits per heavy atom. The van der Waals surface area contributed by atoms with Gasteiger partial charge in [-0.05, 0) is 37.8 Å². The van der Waals surface area contributed by atoms with E-state index < -0.39 is 0 Å². The highest BCUT2D eigenvalue weighted by Gasteiger charge is 2.27. The van der Waals surface area contributed by atoms with E-state index in [1.807, 2.05) is 36.1 Å². The zero-order chi connectivity index (χ0) is 12.3. The molecular formula is C14H18BrNO. The van der Waals surface area contributed by atoms with Crippen LogP contribution in [-0.4, -0.2) is 28.7 Å². The average Bonchev–Trinajstić information content (AvgIpc) is 2.38. The van der Waals surface area contributed by atoms with E-state index in [0.717, 1.165) is 35.8 Å². The van der Waals surface area contributed by atoms with E-state index in [9.17, 15) is 4.79 Å². The molecule has 92 valence electrons. The van der Waals surface area contributed by atoms with Gasteiger partial charge in [0.05, 0.1) is 0 Å². The Labute approximate surface area is 111 Å². The SMILES string of the molecule is Cc1ccccc1C(=O)N1CCCCC1CBr. The number of carbonyl (C=O) groups is 1. The van der Waals surface area contributed by atoms with Crippen molar-refractivity contribution in [3.8, 4) is 0 Å². The Kier molecular flexibility index (Phi) is 4.21. The molecule has 1 saturated heterocycles. The summed E-state index contributed by atoms with van der Waals surface area (Å²) in [5.41, 5.74) is 1.91. The molecule has 0 aliphatic carbocycles. The molecule has 0 saturated carbocycles. The van der Waals surface area contributed by atoms with Crippen molar-refractivity contribution in [2.75, 3.05) is 11.9 Å². The smallest absolute Gasteiger partial charge is 0.254 e. The molecule has 17 heavy (non-hydrogen) atoms. The summed E-state index contributed by atoms with van der Waals surface area (Å²) in [4.78, 5) is 14.5. The van der Waals surface area contributed by atoms with Crippen LogP contribution in [-0.2, 0) is 0 Å². The van der Waals surface area contributed by atoms with E-state index in [0.29, 0.717) is 6.04 Å². The molecular weight excluding hydrogens is 278 g/mol. The number of rotatable bonds is 2. The number of hydrogen-bond donors (Lipinski definition) is 0.